The van der Waals surface area contributed by atoms with E-state index in [0.29, 0.717) is 24.7 Å². The molecule has 0 bridgehead atoms. The number of carbonyl (C=O) groups excluding carboxylic acids is 1. The maximum atomic E-state index is 11.9. The van der Waals surface area contributed by atoms with Crippen molar-refractivity contribution in [3.8, 4) is 0 Å². The van der Waals surface area contributed by atoms with Gasteiger partial charge in [0, 0.05) is 23.3 Å². The van der Waals surface area contributed by atoms with Crippen LogP contribution in [0, 0.1) is 5.92 Å². The maximum Gasteiger partial charge on any atom is 0.270 e. The fourth-order valence-electron chi connectivity index (χ4n) is 1.71. The van der Waals surface area contributed by atoms with Crippen molar-refractivity contribution in [2.24, 2.45) is 11.7 Å². The Kier molecular flexibility index (Phi) is 7.15. The molecule has 110 valence electrons. The molecule has 1 atom stereocenters. The summed E-state index contributed by atoms with van der Waals surface area (Å²) in [5.74, 6) is 0.296. The molecular weight excluding hydrogens is 314 g/mol. The van der Waals surface area contributed by atoms with E-state index >= 15 is 0 Å². The van der Waals surface area contributed by atoms with Crippen LogP contribution in [-0.4, -0.2) is 17.4 Å². The van der Waals surface area contributed by atoms with Gasteiger partial charge in [-0.2, -0.15) is 0 Å². The van der Waals surface area contributed by atoms with Gasteiger partial charge in [-0.25, -0.2) is 4.98 Å². The molecular formula is C13H18ClN3OS2. The first kappa shape index (κ1) is 17.1. The second-order valence-electron chi connectivity index (χ2n) is 4.43. The van der Waals surface area contributed by atoms with Gasteiger partial charge < -0.3 is 11.1 Å². The normalized spacial score (nSPS) is 11.7. The van der Waals surface area contributed by atoms with Gasteiger partial charge in [-0.15, -0.1) is 35.1 Å². The molecule has 7 heteroatoms. The highest BCUT2D eigenvalue weighted by Crippen LogP contribution is 2.14. The van der Waals surface area contributed by atoms with E-state index < -0.39 is 0 Å². The molecule has 0 aliphatic heterocycles. The monoisotopic (exact) mass is 331 g/mol. The predicted octanol–water partition coefficient (Wildman–Crippen LogP) is 2.69. The van der Waals surface area contributed by atoms with Gasteiger partial charge in [-0.05, 0) is 23.8 Å². The zero-order chi connectivity index (χ0) is 13.7. The van der Waals surface area contributed by atoms with Crippen LogP contribution >= 0.6 is 35.1 Å². The summed E-state index contributed by atoms with van der Waals surface area (Å²) in [6, 6.07) is 4.17. The molecule has 2 aromatic rings. The number of rotatable bonds is 6. The zero-order valence-corrected chi connectivity index (χ0v) is 13.6. The number of aromatic nitrogens is 1. The summed E-state index contributed by atoms with van der Waals surface area (Å²) in [7, 11) is 0. The highest BCUT2D eigenvalue weighted by atomic mass is 35.5. The van der Waals surface area contributed by atoms with Crippen molar-refractivity contribution in [2.75, 3.05) is 6.54 Å². The fourth-order valence-corrected chi connectivity index (χ4v) is 3.24. The number of nitrogens with zero attached hydrogens (tertiary/aromatic N) is 1. The molecule has 2 heterocycles. The highest BCUT2D eigenvalue weighted by molar-refractivity contribution is 7.10. The number of amides is 1. The van der Waals surface area contributed by atoms with Gasteiger partial charge in [0.15, 0.2) is 0 Å². The molecule has 0 saturated carbocycles. The van der Waals surface area contributed by atoms with Crippen LogP contribution in [0.25, 0.3) is 0 Å². The summed E-state index contributed by atoms with van der Waals surface area (Å²) >= 11 is 3.17. The number of thiazole rings is 1. The number of carbonyl (C=O) groups is 1. The van der Waals surface area contributed by atoms with Gasteiger partial charge in [0.25, 0.3) is 5.91 Å². The summed E-state index contributed by atoms with van der Waals surface area (Å²) in [4.78, 5) is 17.4. The van der Waals surface area contributed by atoms with Crippen LogP contribution in [0.1, 0.15) is 27.3 Å². The number of nitrogens with two attached hydrogens (primary N) is 1. The predicted molar refractivity (Wildman–Crippen MR) is 86.8 cm³/mol. The lowest BCUT2D eigenvalue weighted by Crippen LogP contribution is -2.29. The Morgan fingerprint density at radius 2 is 2.30 bits per heavy atom. The van der Waals surface area contributed by atoms with Crippen molar-refractivity contribution in [3.05, 3.63) is 38.5 Å². The smallest absolute Gasteiger partial charge is 0.270 e. The molecule has 0 fully saturated rings. The van der Waals surface area contributed by atoms with Crippen LogP contribution < -0.4 is 11.1 Å². The van der Waals surface area contributed by atoms with E-state index in [1.54, 1.807) is 16.7 Å². The van der Waals surface area contributed by atoms with Gasteiger partial charge in [-0.3, -0.25) is 4.79 Å². The van der Waals surface area contributed by atoms with E-state index in [2.05, 4.69) is 34.7 Å². The molecule has 1 amide bonds. The van der Waals surface area contributed by atoms with Crippen LogP contribution in [0.4, 0.5) is 0 Å². The molecule has 0 aromatic carbocycles. The van der Waals surface area contributed by atoms with Crippen molar-refractivity contribution >= 4 is 41.0 Å². The first-order chi connectivity index (χ1) is 9.19. The van der Waals surface area contributed by atoms with Crippen LogP contribution in [0.5, 0.6) is 0 Å². The summed E-state index contributed by atoms with van der Waals surface area (Å²) in [5, 5.41) is 7.53. The lowest BCUT2D eigenvalue weighted by molar-refractivity contribution is 0.0943. The minimum atomic E-state index is -0.117. The average Bonchev–Trinajstić information content (AvgIpc) is 3.06. The summed E-state index contributed by atoms with van der Waals surface area (Å²) < 4.78 is 0. The molecule has 0 saturated heterocycles. The lowest BCUT2D eigenvalue weighted by Gasteiger charge is -2.10. The maximum absolute atomic E-state index is 11.9. The number of hydrogen-bond donors (Lipinski definition) is 2. The van der Waals surface area contributed by atoms with Crippen molar-refractivity contribution < 1.29 is 4.79 Å². The van der Waals surface area contributed by atoms with Gasteiger partial charge in [-0.1, -0.05) is 13.0 Å². The minimum Gasteiger partial charge on any atom is -0.350 e. The fraction of sp³-hybridized carbons (Fsp3) is 0.385. The molecule has 0 spiro atoms. The molecule has 0 aliphatic carbocycles. The largest absolute Gasteiger partial charge is 0.350 e. The molecule has 2 rings (SSSR count). The average molecular weight is 332 g/mol. The van der Waals surface area contributed by atoms with Gasteiger partial charge in [0.1, 0.15) is 10.7 Å². The highest BCUT2D eigenvalue weighted by Gasteiger charge is 2.11. The first-order valence-corrected chi connectivity index (χ1v) is 7.90. The summed E-state index contributed by atoms with van der Waals surface area (Å²) in [6.07, 6.45) is 0.989. The molecule has 3 N–H and O–H groups in total. The van der Waals surface area contributed by atoms with Crippen molar-refractivity contribution in [1.29, 1.82) is 0 Å². The van der Waals surface area contributed by atoms with Gasteiger partial charge in [0.2, 0.25) is 0 Å². The second-order valence-corrected chi connectivity index (χ2v) is 6.40. The Bertz CT molecular complexity index is 527. The number of thiophene rings is 1. The van der Waals surface area contributed by atoms with Gasteiger partial charge in [0.05, 0.1) is 0 Å². The van der Waals surface area contributed by atoms with E-state index in [0.717, 1.165) is 11.4 Å². The van der Waals surface area contributed by atoms with Crippen LogP contribution in [0.3, 0.4) is 0 Å². The minimum absolute atomic E-state index is 0. The molecule has 4 nitrogen and oxygen atoms in total. The molecule has 0 aliphatic rings. The quantitative estimate of drug-likeness (QED) is 0.855. The Labute approximate surface area is 132 Å². The third kappa shape index (κ3) is 4.86. The summed E-state index contributed by atoms with van der Waals surface area (Å²) in [5.41, 5.74) is 5.95. The molecule has 1 unspecified atom stereocenters. The Hall–Kier alpha value is -0.950. The van der Waals surface area contributed by atoms with E-state index in [1.807, 2.05) is 0 Å². The Balaban J connectivity index is 0.00000200. The van der Waals surface area contributed by atoms with Crippen LogP contribution in [-0.2, 0) is 13.0 Å². The van der Waals surface area contributed by atoms with Gasteiger partial charge >= 0.3 is 0 Å². The third-order valence-corrected chi connectivity index (χ3v) is 4.47. The molecule has 0 radical (unpaired) electrons. The molecule has 20 heavy (non-hydrogen) atoms. The van der Waals surface area contributed by atoms with E-state index in [-0.39, 0.29) is 18.3 Å². The van der Waals surface area contributed by atoms with Crippen molar-refractivity contribution in [3.63, 3.8) is 0 Å². The Morgan fingerprint density at radius 3 is 2.90 bits per heavy atom. The lowest BCUT2D eigenvalue weighted by atomic mass is 10.1. The molecule has 2 aromatic heterocycles. The third-order valence-electron chi connectivity index (χ3n) is 2.70. The van der Waals surface area contributed by atoms with E-state index in [4.69, 9.17) is 5.73 Å². The SMILES string of the molecule is CC(CNC(=O)c1csc(CN)n1)Cc1cccs1.Cl. The number of halogens is 1. The summed E-state index contributed by atoms with van der Waals surface area (Å²) in [6.45, 7) is 3.17. The topological polar surface area (TPSA) is 68.0 Å². The van der Waals surface area contributed by atoms with Crippen LogP contribution in [0.2, 0.25) is 0 Å². The number of nitrogens with one attached hydrogen (secondary N) is 1. The van der Waals surface area contributed by atoms with Crippen molar-refractivity contribution in [1.82, 2.24) is 10.3 Å². The standard InChI is InChI=1S/C13H17N3OS2.ClH/c1-9(5-10-3-2-4-18-10)7-15-13(17)11-8-19-12(6-14)16-11;/h2-4,8-9H,5-7,14H2,1H3,(H,15,17);1H. The van der Waals surface area contributed by atoms with Crippen LogP contribution in [0.15, 0.2) is 22.9 Å². The number of hydrogen-bond acceptors (Lipinski definition) is 5. The first-order valence-electron chi connectivity index (χ1n) is 6.14. The van der Waals surface area contributed by atoms with Crippen molar-refractivity contribution in [2.45, 2.75) is 19.9 Å². The van der Waals surface area contributed by atoms with E-state index in [9.17, 15) is 4.79 Å². The Morgan fingerprint density at radius 1 is 1.50 bits per heavy atom. The van der Waals surface area contributed by atoms with E-state index in [1.165, 1.54) is 16.2 Å². The zero-order valence-electron chi connectivity index (χ0n) is 11.2. The second kappa shape index (κ2) is 8.36.